The van der Waals surface area contributed by atoms with Crippen molar-refractivity contribution in [2.24, 2.45) is 5.92 Å². The van der Waals surface area contributed by atoms with Crippen molar-refractivity contribution in [3.8, 4) is 0 Å². The maximum Gasteiger partial charge on any atom is 0.0707 e. The molecule has 0 aromatic heterocycles. The zero-order valence-electron chi connectivity index (χ0n) is 11.3. The number of hydrogen-bond acceptors (Lipinski definition) is 3. The molecular formula is C13H28N2O. The van der Waals surface area contributed by atoms with Gasteiger partial charge in [0.25, 0.3) is 0 Å². The molecular weight excluding hydrogens is 200 g/mol. The van der Waals surface area contributed by atoms with Gasteiger partial charge in [0, 0.05) is 13.1 Å². The molecule has 0 aliphatic carbocycles. The second kappa shape index (κ2) is 7.25. The SMILES string of the molecule is CCN(C)CC1CCC(CNCC(C)C)O1. The van der Waals surface area contributed by atoms with Crippen molar-refractivity contribution in [3.63, 3.8) is 0 Å². The molecule has 96 valence electrons. The molecule has 1 N–H and O–H groups in total. The fourth-order valence-electron chi connectivity index (χ4n) is 2.07. The zero-order chi connectivity index (χ0) is 12.0. The number of nitrogens with one attached hydrogen (secondary N) is 1. The fourth-order valence-corrected chi connectivity index (χ4v) is 2.07. The first-order valence-electron chi connectivity index (χ1n) is 6.66. The summed E-state index contributed by atoms with van der Waals surface area (Å²) in [6, 6.07) is 0. The molecule has 0 aromatic carbocycles. The molecule has 3 heteroatoms. The average molecular weight is 228 g/mol. The van der Waals surface area contributed by atoms with Crippen LogP contribution in [0.15, 0.2) is 0 Å². The molecule has 1 fully saturated rings. The lowest BCUT2D eigenvalue weighted by atomic mass is 10.2. The Morgan fingerprint density at radius 3 is 2.62 bits per heavy atom. The van der Waals surface area contributed by atoms with Crippen LogP contribution in [0.1, 0.15) is 33.6 Å². The molecule has 16 heavy (non-hydrogen) atoms. The number of hydrogen-bond donors (Lipinski definition) is 1. The van der Waals surface area contributed by atoms with Crippen LogP contribution >= 0.6 is 0 Å². The van der Waals surface area contributed by atoms with Crippen LogP contribution in [0.2, 0.25) is 0 Å². The van der Waals surface area contributed by atoms with E-state index in [4.69, 9.17) is 4.74 Å². The Hall–Kier alpha value is -0.120. The third-order valence-electron chi connectivity index (χ3n) is 3.18. The molecule has 1 aliphatic heterocycles. The maximum absolute atomic E-state index is 6.01. The Bertz CT molecular complexity index is 185. The molecule has 1 heterocycles. The van der Waals surface area contributed by atoms with E-state index in [-0.39, 0.29) is 0 Å². The van der Waals surface area contributed by atoms with Crippen LogP contribution in [0.25, 0.3) is 0 Å². The average Bonchev–Trinajstić information content (AvgIpc) is 2.65. The van der Waals surface area contributed by atoms with Crippen molar-refractivity contribution in [1.29, 1.82) is 0 Å². The van der Waals surface area contributed by atoms with Crippen LogP contribution in [0.3, 0.4) is 0 Å². The second-order valence-electron chi connectivity index (χ2n) is 5.36. The van der Waals surface area contributed by atoms with Gasteiger partial charge in [0.1, 0.15) is 0 Å². The number of nitrogens with zero attached hydrogens (tertiary/aromatic N) is 1. The van der Waals surface area contributed by atoms with E-state index < -0.39 is 0 Å². The fraction of sp³-hybridized carbons (Fsp3) is 1.00. The van der Waals surface area contributed by atoms with Gasteiger partial charge in [-0.25, -0.2) is 0 Å². The quantitative estimate of drug-likeness (QED) is 0.718. The van der Waals surface area contributed by atoms with Crippen molar-refractivity contribution in [1.82, 2.24) is 10.2 Å². The number of ether oxygens (including phenoxy) is 1. The summed E-state index contributed by atoms with van der Waals surface area (Å²) in [6.45, 7) is 11.0. The summed E-state index contributed by atoms with van der Waals surface area (Å²) >= 11 is 0. The minimum absolute atomic E-state index is 0.439. The van der Waals surface area contributed by atoms with Gasteiger partial charge in [-0.3, -0.25) is 0 Å². The van der Waals surface area contributed by atoms with Gasteiger partial charge in [-0.05, 0) is 38.9 Å². The molecule has 0 saturated carbocycles. The summed E-state index contributed by atoms with van der Waals surface area (Å²) in [6.07, 6.45) is 3.33. The molecule has 0 radical (unpaired) electrons. The van der Waals surface area contributed by atoms with Crippen LogP contribution in [0.5, 0.6) is 0 Å². The molecule has 2 atom stereocenters. The van der Waals surface area contributed by atoms with Gasteiger partial charge in [0.15, 0.2) is 0 Å². The normalized spacial score (nSPS) is 25.9. The van der Waals surface area contributed by atoms with Gasteiger partial charge in [0.05, 0.1) is 12.2 Å². The van der Waals surface area contributed by atoms with Gasteiger partial charge in [-0.2, -0.15) is 0 Å². The summed E-state index contributed by atoms with van der Waals surface area (Å²) in [5.41, 5.74) is 0. The molecule has 0 amide bonds. The number of likely N-dealkylation sites (N-methyl/N-ethyl adjacent to an activating group) is 1. The molecule has 1 saturated heterocycles. The van der Waals surface area contributed by atoms with Gasteiger partial charge in [0.2, 0.25) is 0 Å². The largest absolute Gasteiger partial charge is 0.372 e. The van der Waals surface area contributed by atoms with E-state index in [1.165, 1.54) is 12.8 Å². The minimum Gasteiger partial charge on any atom is -0.372 e. The molecule has 0 spiro atoms. The molecule has 1 aliphatic rings. The predicted octanol–water partition coefficient (Wildman–Crippen LogP) is 1.73. The topological polar surface area (TPSA) is 24.5 Å². The lowest BCUT2D eigenvalue weighted by molar-refractivity contribution is 0.0285. The van der Waals surface area contributed by atoms with Crippen molar-refractivity contribution >= 4 is 0 Å². The van der Waals surface area contributed by atoms with E-state index in [2.05, 4.69) is 38.0 Å². The Morgan fingerprint density at radius 2 is 2.00 bits per heavy atom. The maximum atomic E-state index is 6.01. The smallest absolute Gasteiger partial charge is 0.0707 e. The van der Waals surface area contributed by atoms with Crippen molar-refractivity contribution < 1.29 is 4.74 Å². The highest BCUT2D eigenvalue weighted by Gasteiger charge is 2.25. The standard InChI is InChI=1S/C13H28N2O/c1-5-15(4)10-13-7-6-12(16-13)9-14-8-11(2)3/h11-14H,5-10H2,1-4H3. The predicted molar refractivity (Wildman–Crippen MR) is 68.8 cm³/mol. The first-order valence-corrected chi connectivity index (χ1v) is 6.66. The molecule has 2 unspecified atom stereocenters. The highest BCUT2D eigenvalue weighted by Crippen LogP contribution is 2.19. The Kier molecular flexibility index (Phi) is 6.32. The lowest BCUT2D eigenvalue weighted by Crippen LogP contribution is -2.32. The van der Waals surface area contributed by atoms with Gasteiger partial charge in [-0.15, -0.1) is 0 Å². The van der Waals surface area contributed by atoms with Crippen LogP contribution < -0.4 is 5.32 Å². The first-order chi connectivity index (χ1) is 7.61. The lowest BCUT2D eigenvalue weighted by Gasteiger charge is -2.20. The summed E-state index contributed by atoms with van der Waals surface area (Å²) in [4.78, 5) is 2.33. The van der Waals surface area contributed by atoms with Crippen LogP contribution in [-0.2, 0) is 4.74 Å². The third-order valence-corrected chi connectivity index (χ3v) is 3.18. The van der Waals surface area contributed by atoms with Gasteiger partial charge < -0.3 is 15.0 Å². The van der Waals surface area contributed by atoms with Crippen molar-refractivity contribution in [2.45, 2.75) is 45.8 Å². The minimum atomic E-state index is 0.439. The van der Waals surface area contributed by atoms with Crippen LogP contribution in [-0.4, -0.2) is 50.3 Å². The molecule has 0 aromatic rings. The summed E-state index contributed by atoms with van der Waals surface area (Å²) < 4.78 is 6.01. The van der Waals surface area contributed by atoms with Crippen molar-refractivity contribution in [2.75, 3.05) is 33.2 Å². The van der Waals surface area contributed by atoms with Gasteiger partial charge in [-0.1, -0.05) is 20.8 Å². The summed E-state index contributed by atoms with van der Waals surface area (Å²) in [7, 11) is 2.16. The summed E-state index contributed by atoms with van der Waals surface area (Å²) in [5, 5.41) is 3.48. The Morgan fingerprint density at radius 1 is 1.31 bits per heavy atom. The monoisotopic (exact) mass is 228 g/mol. The van der Waals surface area contributed by atoms with E-state index in [9.17, 15) is 0 Å². The second-order valence-corrected chi connectivity index (χ2v) is 5.36. The Balaban J connectivity index is 2.10. The summed E-state index contributed by atoms with van der Waals surface area (Å²) in [5.74, 6) is 0.725. The van der Waals surface area contributed by atoms with Crippen molar-refractivity contribution in [3.05, 3.63) is 0 Å². The third kappa shape index (κ3) is 5.28. The molecule has 3 nitrogen and oxygen atoms in total. The van der Waals surface area contributed by atoms with E-state index in [1.54, 1.807) is 0 Å². The molecule has 0 bridgehead atoms. The van der Waals surface area contributed by atoms with Gasteiger partial charge >= 0.3 is 0 Å². The van der Waals surface area contributed by atoms with E-state index in [0.29, 0.717) is 12.2 Å². The van der Waals surface area contributed by atoms with E-state index >= 15 is 0 Å². The highest BCUT2D eigenvalue weighted by molar-refractivity contribution is 4.77. The van der Waals surface area contributed by atoms with E-state index in [0.717, 1.165) is 32.1 Å². The zero-order valence-corrected chi connectivity index (χ0v) is 11.3. The highest BCUT2D eigenvalue weighted by atomic mass is 16.5. The molecule has 1 rings (SSSR count). The first kappa shape index (κ1) is 13.9. The van der Waals surface area contributed by atoms with E-state index in [1.807, 2.05) is 0 Å². The van der Waals surface area contributed by atoms with Crippen LogP contribution in [0.4, 0.5) is 0 Å². The number of rotatable bonds is 7. The van der Waals surface area contributed by atoms with Crippen LogP contribution in [0, 0.1) is 5.92 Å². The Labute approximate surface area is 101 Å².